The highest BCUT2D eigenvalue weighted by atomic mass is 16.5. The Balaban J connectivity index is 2.06. The fraction of sp³-hybridized carbons (Fsp3) is 0.389. The summed E-state index contributed by atoms with van der Waals surface area (Å²) >= 11 is 0. The zero-order valence-corrected chi connectivity index (χ0v) is 13.6. The van der Waals surface area contributed by atoms with Crippen molar-refractivity contribution < 1.29 is 9.53 Å². The maximum absolute atomic E-state index is 12.2. The minimum atomic E-state index is -0.356. The quantitative estimate of drug-likeness (QED) is 0.811. The lowest BCUT2D eigenvalue weighted by molar-refractivity contribution is 0.0526. The van der Waals surface area contributed by atoms with Gasteiger partial charge in [-0.05, 0) is 32.3 Å². The molecule has 0 unspecified atom stereocenters. The fourth-order valence-corrected chi connectivity index (χ4v) is 2.85. The molecule has 0 bridgehead atoms. The average molecular weight is 311 g/mol. The van der Waals surface area contributed by atoms with E-state index < -0.39 is 0 Å². The van der Waals surface area contributed by atoms with Crippen molar-refractivity contribution in [3.63, 3.8) is 0 Å². The van der Waals surface area contributed by atoms with Crippen LogP contribution < -0.4 is 4.90 Å². The van der Waals surface area contributed by atoms with Crippen molar-refractivity contribution >= 4 is 11.8 Å². The Hall–Kier alpha value is -2.43. The first kappa shape index (κ1) is 15.5. The monoisotopic (exact) mass is 311 g/mol. The van der Waals surface area contributed by atoms with Crippen LogP contribution in [0.5, 0.6) is 0 Å². The van der Waals surface area contributed by atoms with Gasteiger partial charge in [-0.2, -0.15) is 0 Å². The summed E-state index contributed by atoms with van der Waals surface area (Å²) < 4.78 is 5.15. The van der Waals surface area contributed by atoms with E-state index in [1.54, 1.807) is 13.1 Å². The van der Waals surface area contributed by atoms with Crippen LogP contribution in [0.25, 0.3) is 11.4 Å². The Morgan fingerprint density at radius 3 is 2.70 bits per heavy atom. The van der Waals surface area contributed by atoms with Crippen LogP contribution in [0, 0.1) is 6.92 Å². The molecule has 0 aliphatic carbocycles. The molecule has 23 heavy (non-hydrogen) atoms. The summed E-state index contributed by atoms with van der Waals surface area (Å²) in [6.45, 7) is 6.01. The normalized spacial score (nSPS) is 14.1. The molecule has 0 amide bonds. The number of aryl methyl sites for hydroxylation is 1. The highest BCUT2D eigenvalue weighted by molar-refractivity contribution is 5.95. The molecule has 5 heteroatoms. The molecule has 120 valence electrons. The Morgan fingerprint density at radius 1 is 1.26 bits per heavy atom. The first-order valence-corrected chi connectivity index (χ1v) is 8.06. The number of carbonyl (C=O) groups excluding carboxylic acids is 1. The number of aromatic nitrogens is 2. The molecule has 5 nitrogen and oxygen atoms in total. The molecule has 2 aromatic rings. The van der Waals surface area contributed by atoms with Gasteiger partial charge in [0, 0.05) is 24.8 Å². The fourth-order valence-electron chi connectivity index (χ4n) is 2.85. The number of hydrogen-bond donors (Lipinski definition) is 0. The second-order valence-corrected chi connectivity index (χ2v) is 5.66. The molecule has 2 heterocycles. The van der Waals surface area contributed by atoms with E-state index in [-0.39, 0.29) is 5.97 Å². The van der Waals surface area contributed by atoms with E-state index >= 15 is 0 Å². The Labute approximate surface area is 136 Å². The molecule has 0 N–H and O–H groups in total. The summed E-state index contributed by atoms with van der Waals surface area (Å²) in [7, 11) is 0. The number of anilines is 1. The first-order chi connectivity index (χ1) is 11.2. The first-order valence-electron chi connectivity index (χ1n) is 8.06. The van der Waals surface area contributed by atoms with E-state index in [0.29, 0.717) is 23.8 Å². The van der Waals surface area contributed by atoms with Crippen LogP contribution >= 0.6 is 0 Å². The molecule has 1 aromatic carbocycles. The van der Waals surface area contributed by atoms with Gasteiger partial charge in [0.25, 0.3) is 0 Å². The highest BCUT2D eigenvalue weighted by Crippen LogP contribution is 2.27. The zero-order valence-electron chi connectivity index (χ0n) is 13.6. The van der Waals surface area contributed by atoms with Crippen LogP contribution in [0.4, 0.5) is 5.82 Å². The minimum Gasteiger partial charge on any atom is -0.462 e. The second kappa shape index (κ2) is 6.77. The lowest BCUT2D eigenvalue weighted by Gasteiger charge is -2.20. The summed E-state index contributed by atoms with van der Waals surface area (Å²) in [6.07, 6.45) is 3.83. The van der Waals surface area contributed by atoms with E-state index in [2.05, 4.69) is 9.88 Å². The number of hydrogen-bond acceptors (Lipinski definition) is 5. The molecule has 0 spiro atoms. The third-order valence-electron chi connectivity index (χ3n) is 4.06. The topological polar surface area (TPSA) is 55.3 Å². The van der Waals surface area contributed by atoms with Crippen molar-refractivity contribution in [2.24, 2.45) is 0 Å². The largest absolute Gasteiger partial charge is 0.462 e. The van der Waals surface area contributed by atoms with Gasteiger partial charge in [-0.25, -0.2) is 14.8 Å². The summed E-state index contributed by atoms with van der Waals surface area (Å²) in [5.41, 5.74) is 2.55. The average Bonchev–Trinajstić information content (AvgIpc) is 3.09. The molecule has 1 aromatic heterocycles. The number of carbonyl (C=O) groups is 1. The van der Waals surface area contributed by atoms with Crippen molar-refractivity contribution in [3.8, 4) is 11.4 Å². The van der Waals surface area contributed by atoms with Crippen LogP contribution in [0.3, 0.4) is 0 Å². The number of esters is 1. The van der Waals surface area contributed by atoms with Crippen molar-refractivity contribution in [3.05, 3.63) is 41.6 Å². The second-order valence-electron chi connectivity index (χ2n) is 5.66. The predicted molar refractivity (Wildman–Crippen MR) is 89.6 cm³/mol. The van der Waals surface area contributed by atoms with Gasteiger partial charge in [-0.15, -0.1) is 0 Å². The SMILES string of the molecule is CCOC(=O)c1cnc(-c2ccccc2C)nc1N1CCCC1. The third-order valence-corrected chi connectivity index (χ3v) is 4.06. The standard InChI is InChI=1S/C18H21N3O2/c1-3-23-18(22)15-12-19-16(14-9-5-4-8-13(14)2)20-17(15)21-10-6-7-11-21/h4-5,8-9,12H,3,6-7,10-11H2,1-2H3. The van der Waals surface area contributed by atoms with Gasteiger partial charge in [0.2, 0.25) is 0 Å². The van der Waals surface area contributed by atoms with Crippen LogP contribution in [0.2, 0.25) is 0 Å². The van der Waals surface area contributed by atoms with Crippen LogP contribution in [0.1, 0.15) is 35.7 Å². The number of nitrogens with zero attached hydrogens (tertiary/aromatic N) is 3. The van der Waals surface area contributed by atoms with E-state index in [1.165, 1.54) is 0 Å². The van der Waals surface area contributed by atoms with E-state index in [4.69, 9.17) is 9.72 Å². The van der Waals surface area contributed by atoms with E-state index in [9.17, 15) is 4.79 Å². The molecule has 0 saturated carbocycles. The Bertz CT molecular complexity index is 709. The van der Waals surface area contributed by atoms with Gasteiger partial charge in [0.05, 0.1) is 6.61 Å². The maximum Gasteiger partial charge on any atom is 0.343 e. The number of benzene rings is 1. The van der Waals surface area contributed by atoms with Gasteiger partial charge in [0.1, 0.15) is 11.4 Å². The van der Waals surface area contributed by atoms with Gasteiger partial charge in [-0.3, -0.25) is 0 Å². The molecule has 0 radical (unpaired) electrons. The van der Waals surface area contributed by atoms with Crippen molar-refractivity contribution in [1.29, 1.82) is 0 Å². The minimum absolute atomic E-state index is 0.345. The number of ether oxygens (including phenoxy) is 1. The maximum atomic E-state index is 12.2. The van der Waals surface area contributed by atoms with Gasteiger partial charge in [0.15, 0.2) is 5.82 Å². The predicted octanol–water partition coefficient (Wildman–Crippen LogP) is 3.23. The summed E-state index contributed by atoms with van der Waals surface area (Å²) in [5.74, 6) is 0.984. The molecule has 1 aliphatic rings. The lowest BCUT2D eigenvalue weighted by atomic mass is 10.1. The molecular weight excluding hydrogens is 290 g/mol. The molecular formula is C18H21N3O2. The van der Waals surface area contributed by atoms with Crippen molar-refractivity contribution in [2.75, 3.05) is 24.6 Å². The highest BCUT2D eigenvalue weighted by Gasteiger charge is 2.23. The van der Waals surface area contributed by atoms with Crippen LogP contribution in [0.15, 0.2) is 30.5 Å². The third kappa shape index (κ3) is 3.18. The molecule has 1 fully saturated rings. The molecule has 1 aliphatic heterocycles. The zero-order chi connectivity index (χ0) is 16.2. The van der Waals surface area contributed by atoms with Crippen LogP contribution in [-0.2, 0) is 4.74 Å². The van der Waals surface area contributed by atoms with E-state index in [1.807, 2.05) is 31.2 Å². The van der Waals surface area contributed by atoms with Gasteiger partial charge >= 0.3 is 5.97 Å². The van der Waals surface area contributed by atoms with Gasteiger partial charge in [-0.1, -0.05) is 24.3 Å². The van der Waals surface area contributed by atoms with E-state index in [0.717, 1.165) is 37.1 Å². The van der Waals surface area contributed by atoms with Crippen molar-refractivity contribution in [1.82, 2.24) is 9.97 Å². The lowest BCUT2D eigenvalue weighted by Crippen LogP contribution is -2.23. The van der Waals surface area contributed by atoms with Crippen LogP contribution in [-0.4, -0.2) is 35.6 Å². The summed E-state index contributed by atoms with van der Waals surface area (Å²) in [5, 5.41) is 0. The molecule has 0 atom stereocenters. The van der Waals surface area contributed by atoms with Gasteiger partial charge < -0.3 is 9.64 Å². The number of rotatable bonds is 4. The smallest absolute Gasteiger partial charge is 0.343 e. The summed E-state index contributed by atoms with van der Waals surface area (Å²) in [4.78, 5) is 23.5. The Morgan fingerprint density at radius 2 is 2.00 bits per heavy atom. The van der Waals surface area contributed by atoms with Crippen molar-refractivity contribution in [2.45, 2.75) is 26.7 Å². The molecule has 1 saturated heterocycles. The Kier molecular flexibility index (Phi) is 4.55. The summed E-state index contributed by atoms with van der Waals surface area (Å²) in [6, 6.07) is 8.00. The molecule has 3 rings (SSSR count).